The molecule has 1 aliphatic heterocycles. The van der Waals surface area contributed by atoms with Crippen LogP contribution in [0.3, 0.4) is 0 Å². The summed E-state index contributed by atoms with van der Waals surface area (Å²) in [5.74, 6) is -0.445. The summed E-state index contributed by atoms with van der Waals surface area (Å²) in [6.45, 7) is 3.92. The number of thiol groups is 1. The van der Waals surface area contributed by atoms with Crippen molar-refractivity contribution in [3.8, 4) is 0 Å². The third kappa shape index (κ3) is 5.92. The maximum absolute atomic E-state index is 14.7. The van der Waals surface area contributed by atoms with Gasteiger partial charge in [0, 0.05) is 41.6 Å². The number of aromatic nitrogens is 2. The van der Waals surface area contributed by atoms with Crippen LogP contribution in [0, 0.1) is 11.7 Å². The Hall–Kier alpha value is -2.45. The van der Waals surface area contributed by atoms with Gasteiger partial charge in [-0.15, -0.1) is 0 Å². The highest BCUT2D eigenvalue weighted by Crippen LogP contribution is 2.39. The summed E-state index contributed by atoms with van der Waals surface area (Å²) in [5.41, 5.74) is 2.35. The van der Waals surface area contributed by atoms with Crippen molar-refractivity contribution in [3.05, 3.63) is 65.3 Å². The second-order valence-electron chi connectivity index (χ2n) is 8.71. The van der Waals surface area contributed by atoms with Gasteiger partial charge in [0.1, 0.15) is 5.82 Å². The smallest absolute Gasteiger partial charge is 0.310 e. The average Bonchev–Trinajstić information content (AvgIpc) is 3.56. The molecule has 176 valence electrons. The second kappa shape index (κ2) is 10.7. The molecule has 2 fully saturated rings. The third-order valence-electron chi connectivity index (χ3n) is 6.20. The van der Waals surface area contributed by atoms with Gasteiger partial charge in [-0.2, -0.15) is 17.7 Å². The van der Waals surface area contributed by atoms with Crippen molar-refractivity contribution in [1.29, 1.82) is 0 Å². The van der Waals surface area contributed by atoms with Crippen LogP contribution in [0.2, 0.25) is 0 Å². The van der Waals surface area contributed by atoms with Crippen molar-refractivity contribution in [2.24, 2.45) is 5.92 Å². The molecule has 2 unspecified atom stereocenters. The number of ether oxygens (including phenoxy) is 1. The van der Waals surface area contributed by atoms with E-state index in [1.165, 1.54) is 6.07 Å². The van der Waals surface area contributed by atoms with E-state index in [-0.39, 0.29) is 35.2 Å². The van der Waals surface area contributed by atoms with Crippen LogP contribution in [-0.2, 0) is 27.3 Å². The second-order valence-corrected chi connectivity index (χ2v) is 9.33. The van der Waals surface area contributed by atoms with Crippen LogP contribution in [-0.4, -0.2) is 51.4 Å². The Morgan fingerprint density at radius 1 is 1.30 bits per heavy atom. The van der Waals surface area contributed by atoms with Gasteiger partial charge < -0.3 is 4.74 Å². The van der Waals surface area contributed by atoms with Gasteiger partial charge in [-0.1, -0.05) is 24.3 Å². The lowest BCUT2D eigenvalue weighted by molar-refractivity contribution is -0.142. The molecule has 1 aromatic carbocycles. The molecule has 8 heteroatoms. The van der Waals surface area contributed by atoms with E-state index in [2.05, 4.69) is 16.1 Å². The van der Waals surface area contributed by atoms with E-state index < -0.39 is 6.04 Å². The molecule has 2 aliphatic rings. The number of likely N-dealkylation sites (tertiary alicyclic amines) is 1. The highest BCUT2D eigenvalue weighted by Gasteiger charge is 2.40. The van der Waals surface area contributed by atoms with Gasteiger partial charge in [-0.3, -0.25) is 19.2 Å². The fourth-order valence-corrected chi connectivity index (χ4v) is 4.62. The molecule has 0 radical (unpaired) electrons. The predicted molar refractivity (Wildman–Crippen MR) is 126 cm³/mol. The summed E-state index contributed by atoms with van der Waals surface area (Å²) in [4.78, 5) is 26.9. The van der Waals surface area contributed by atoms with Crippen molar-refractivity contribution < 1.29 is 18.7 Å². The van der Waals surface area contributed by atoms with E-state index in [9.17, 15) is 14.0 Å². The monoisotopic (exact) mass is 471 g/mol. The Morgan fingerprint density at radius 2 is 2.09 bits per heavy atom. The Kier molecular flexibility index (Phi) is 7.65. The molecule has 1 saturated carbocycles. The zero-order valence-corrected chi connectivity index (χ0v) is 19.7. The van der Waals surface area contributed by atoms with Gasteiger partial charge in [0.05, 0.1) is 31.8 Å². The van der Waals surface area contributed by atoms with Gasteiger partial charge in [0.2, 0.25) is 0 Å². The fraction of sp³-hybridized carbons (Fsp3) is 0.480. The number of Topliss-reactive ketones (excluding diaryl/α,β-unsaturated/α-hetero) is 1. The number of piperidine rings is 1. The predicted octanol–water partition coefficient (Wildman–Crippen LogP) is 3.78. The number of allylic oxidation sites excluding steroid dienone is 1. The molecule has 6 nitrogen and oxygen atoms in total. The van der Waals surface area contributed by atoms with Crippen LogP contribution in [0.4, 0.5) is 4.39 Å². The number of benzene rings is 1. The molecule has 0 amide bonds. The van der Waals surface area contributed by atoms with Crippen LogP contribution < -0.4 is 0 Å². The Balaban J connectivity index is 1.48. The number of esters is 1. The van der Waals surface area contributed by atoms with E-state index in [1.54, 1.807) is 36.0 Å². The van der Waals surface area contributed by atoms with E-state index in [0.717, 1.165) is 30.4 Å². The number of halogens is 1. The SMILES string of the molecule is CCOC(=O)Cc1cnn(C/C=C2\CN(C(C(=O)C3CC3)c3ccccc3F)CCC2S)c1. The Bertz CT molecular complexity index is 1030. The van der Waals surface area contributed by atoms with Gasteiger partial charge >= 0.3 is 5.97 Å². The van der Waals surface area contributed by atoms with E-state index in [4.69, 9.17) is 17.4 Å². The van der Waals surface area contributed by atoms with Crippen LogP contribution in [0.15, 0.2) is 48.3 Å². The van der Waals surface area contributed by atoms with E-state index in [0.29, 0.717) is 31.8 Å². The first kappa shape index (κ1) is 23.7. The minimum absolute atomic E-state index is 0.0395. The van der Waals surface area contributed by atoms with Crippen molar-refractivity contribution in [2.45, 2.75) is 50.4 Å². The standard InChI is InChI=1S/C25H30FN3O3S/c1-2-32-23(30)13-17-14-27-29(15-17)12-9-19-16-28(11-10-22(19)33)24(25(31)18-7-8-18)20-5-3-4-6-21(20)26/h3-6,9,14-15,18,22,24,33H,2,7-8,10-13,16H2,1H3/b19-9+. The molecule has 1 aromatic heterocycles. The largest absolute Gasteiger partial charge is 0.466 e. The first-order valence-corrected chi connectivity index (χ1v) is 12.0. The van der Waals surface area contributed by atoms with Crippen molar-refractivity contribution in [2.75, 3.05) is 19.7 Å². The first-order chi connectivity index (χ1) is 16.0. The summed E-state index contributed by atoms with van der Waals surface area (Å²) in [5, 5.41) is 4.41. The summed E-state index contributed by atoms with van der Waals surface area (Å²) >= 11 is 4.75. The quantitative estimate of drug-likeness (QED) is 0.343. The molecule has 0 N–H and O–H groups in total. The summed E-state index contributed by atoms with van der Waals surface area (Å²) in [6, 6.07) is 6.04. The zero-order valence-electron chi connectivity index (χ0n) is 18.8. The number of nitrogens with zero attached hydrogens (tertiary/aromatic N) is 3. The molecule has 1 aliphatic carbocycles. The van der Waals surface area contributed by atoms with Crippen LogP contribution in [0.25, 0.3) is 0 Å². The number of hydrogen-bond donors (Lipinski definition) is 1. The highest BCUT2D eigenvalue weighted by atomic mass is 32.1. The maximum Gasteiger partial charge on any atom is 0.310 e. The van der Waals surface area contributed by atoms with Gasteiger partial charge in [-0.05, 0) is 37.8 Å². The number of rotatable bonds is 9. The molecule has 2 heterocycles. The van der Waals surface area contributed by atoms with Gasteiger partial charge in [0.25, 0.3) is 0 Å². The summed E-state index contributed by atoms with van der Waals surface area (Å²) in [7, 11) is 0. The number of carbonyl (C=O) groups excluding carboxylic acids is 2. The number of carbonyl (C=O) groups is 2. The topological polar surface area (TPSA) is 64.4 Å². The molecule has 0 bridgehead atoms. The van der Waals surface area contributed by atoms with Crippen molar-refractivity contribution >= 4 is 24.4 Å². The highest BCUT2D eigenvalue weighted by molar-refractivity contribution is 7.81. The molecule has 0 spiro atoms. The molecule has 33 heavy (non-hydrogen) atoms. The average molecular weight is 472 g/mol. The molecule has 2 atom stereocenters. The van der Waals surface area contributed by atoms with Crippen LogP contribution in [0.5, 0.6) is 0 Å². The molecule has 4 rings (SSSR count). The molecular formula is C25H30FN3O3S. The number of ketones is 1. The minimum Gasteiger partial charge on any atom is -0.466 e. The maximum atomic E-state index is 14.7. The lowest BCUT2D eigenvalue weighted by Gasteiger charge is -2.37. The summed E-state index contributed by atoms with van der Waals surface area (Å²) < 4.78 is 21.4. The lowest BCUT2D eigenvalue weighted by atomic mass is 9.93. The first-order valence-electron chi connectivity index (χ1n) is 11.5. The van der Waals surface area contributed by atoms with Crippen molar-refractivity contribution in [1.82, 2.24) is 14.7 Å². The van der Waals surface area contributed by atoms with Crippen molar-refractivity contribution in [3.63, 3.8) is 0 Å². The molecule has 1 saturated heterocycles. The lowest BCUT2D eigenvalue weighted by Crippen LogP contribution is -2.42. The Morgan fingerprint density at radius 3 is 2.82 bits per heavy atom. The fourth-order valence-electron chi connectivity index (χ4n) is 4.32. The number of hydrogen-bond acceptors (Lipinski definition) is 6. The van der Waals surface area contributed by atoms with Crippen LogP contribution >= 0.6 is 12.6 Å². The van der Waals surface area contributed by atoms with E-state index in [1.807, 2.05) is 6.20 Å². The summed E-state index contributed by atoms with van der Waals surface area (Å²) in [6.07, 6.45) is 8.34. The van der Waals surface area contributed by atoms with Gasteiger partial charge in [-0.25, -0.2) is 4.39 Å². The van der Waals surface area contributed by atoms with E-state index >= 15 is 0 Å². The third-order valence-corrected chi connectivity index (χ3v) is 6.79. The Labute approximate surface area is 199 Å². The zero-order chi connectivity index (χ0) is 23.4. The molecule has 2 aromatic rings. The molecular weight excluding hydrogens is 441 g/mol. The normalized spacial score (nSPS) is 21.2. The minimum atomic E-state index is -0.566. The van der Waals surface area contributed by atoms with Gasteiger partial charge in [0.15, 0.2) is 5.78 Å². The van der Waals surface area contributed by atoms with Crippen LogP contribution in [0.1, 0.15) is 43.4 Å².